The van der Waals surface area contributed by atoms with Crippen LogP contribution in [0.3, 0.4) is 0 Å². The number of nitrogens with zero attached hydrogens (tertiary/aromatic N) is 1. The van der Waals surface area contributed by atoms with Gasteiger partial charge in [-0.2, -0.15) is 0 Å². The molecule has 10 heavy (non-hydrogen) atoms. The molecule has 0 saturated carbocycles. The zero-order valence-corrected chi connectivity index (χ0v) is 7.14. The molecule has 0 saturated heterocycles. The molecule has 0 bridgehead atoms. The summed E-state index contributed by atoms with van der Waals surface area (Å²) in [4.78, 5) is 12.9. The van der Waals surface area contributed by atoms with E-state index in [9.17, 15) is 4.79 Å². The Labute approximate surface area is 62.4 Å². The quantitative estimate of drug-likeness (QED) is 0.608. The molecule has 0 aliphatic heterocycles. The van der Waals surface area contributed by atoms with Gasteiger partial charge in [0.25, 0.3) is 0 Å². The minimum atomic E-state index is -0.0649. The van der Waals surface area contributed by atoms with E-state index < -0.39 is 0 Å². The number of amides is 1. The Morgan fingerprint density at radius 1 is 1.70 bits per heavy atom. The van der Waals surface area contributed by atoms with Gasteiger partial charge in [-0.25, -0.2) is 0 Å². The number of likely N-dealkylation sites (N-methyl/N-ethyl adjacent to an activating group) is 2. The second-order valence-electron chi connectivity index (χ2n) is 2.36. The lowest BCUT2D eigenvalue weighted by atomic mass is 10.3. The first kappa shape index (κ1) is 9.43. The van der Waals surface area contributed by atoms with Crippen LogP contribution in [-0.2, 0) is 4.79 Å². The van der Waals surface area contributed by atoms with E-state index in [1.165, 1.54) is 0 Å². The van der Waals surface area contributed by atoms with Crippen molar-refractivity contribution in [1.82, 2.24) is 10.2 Å². The maximum atomic E-state index is 11.2. The van der Waals surface area contributed by atoms with Crippen LogP contribution in [0.1, 0.15) is 13.8 Å². The third-order valence-corrected chi connectivity index (χ3v) is 1.65. The van der Waals surface area contributed by atoms with Crippen molar-refractivity contribution in [2.75, 3.05) is 20.6 Å². The SMILES string of the molecule is CCN(C)C(=O)[C@@H](C)NC. The van der Waals surface area contributed by atoms with Crippen molar-refractivity contribution >= 4 is 5.91 Å². The maximum absolute atomic E-state index is 11.2. The summed E-state index contributed by atoms with van der Waals surface area (Å²) in [5, 5.41) is 2.89. The third-order valence-electron chi connectivity index (χ3n) is 1.65. The first-order chi connectivity index (χ1) is 4.63. The van der Waals surface area contributed by atoms with Gasteiger partial charge in [-0.1, -0.05) is 0 Å². The summed E-state index contributed by atoms with van der Waals surface area (Å²) in [6, 6.07) is -0.0649. The number of carbonyl (C=O) groups is 1. The summed E-state index contributed by atoms with van der Waals surface area (Å²) in [6.45, 7) is 4.58. The lowest BCUT2D eigenvalue weighted by Gasteiger charge is -2.18. The molecule has 0 aliphatic carbocycles. The summed E-state index contributed by atoms with van der Waals surface area (Å²) in [7, 11) is 3.59. The highest BCUT2D eigenvalue weighted by Gasteiger charge is 2.12. The molecule has 0 spiro atoms. The van der Waals surface area contributed by atoms with Crippen LogP contribution in [0.5, 0.6) is 0 Å². The highest BCUT2D eigenvalue weighted by Crippen LogP contribution is 1.89. The van der Waals surface area contributed by atoms with Gasteiger partial charge in [0.15, 0.2) is 0 Å². The molecule has 0 aromatic rings. The number of nitrogens with one attached hydrogen (secondary N) is 1. The number of hydrogen-bond acceptors (Lipinski definition) is 2. The number of hydrogen-bond donors (Lipinski definition) is 1. The van der Waals surface area contributed by atoms with Crippen LogP contribution in [0.4, 0.5) is 0 Å². The standard InChI is InChI=1S/C7H16N2O/c1-5-9(4)7(10)6(2)8-3/h6,8H,5H2,1-4H3/t6-/m1/s1. The normalized spacial score (nSPS) is 12.8. The van der Waals surface area contributed by atoms with Crippen LogP contribution >= 0.6 is 0 Å². The van der Waals surface area contributed by atoms with E-state index in [1.807, 2.05) is 13.8 Å². The number of rotatable bonds is 3. The zero-order valence-electron chi connectivity index (χ0n) is 7.14. The van der Waals surface area contributed by atoms with Crippen LogP contribution in [0.15, 0.2) is 0 Å². The van der Waals surface area contributed by atoms with Gasteiger partial charge in [-0.3, -0.25) is 4.79 Å². The molecule has 3 nitrogen and oxygen atoms in total. The molecule has 0 unspecified atom stereocenters. The van der Waals surface area contributed by atoms with Crippen LogP contribution in [-0.4, -0.2) is 37.5 Å². The van der Waals surface area contributed by atoms with E-state index >= 15 is 0 Å². The lowest BCUT2D eigenvalue weighted by Crippen LogP contribution is -2.41. The monoisotopic (exact) mass is 144 g/mol. The molecule has 0 fully saturated rings. The van der Waals surface area contributed by atoms with Gasteiger partial charge in [0.05, 0.1) is 6.04 Å². The molecule has 60 valence electrons. The Hall–Kier alpha value is -0.570. The molecule has 0 aliphatic rings. The van der Waals surface area contributed by atoms with Crippen LogP contribution < -0.4 is 5.32 Å². The molecule has 3 heteroatoms. The second-order valence-corrected chi connectivity index (χ2v) is 2.36. The molecule has 1 amide bonds. The molecule has 0 rings (SSSR count). The smallest absolute Gasteiger partial charge is 0.239 e. The Kier molecular flexibility index (Phi) is 4.03. The predicted molar refractivity (Wildman–Crippen MR) is 41.8 cm³/mol. The van der Waals surface area contributed by atoms with Crippen molar-refractivity contribution in [3.8, 4) is 0 Å². The van der Waals surface area contributed by atoms with Crippen LogP contribution in [0, 0.1) is 0 Å². The van der Waals surface area contributed by atoms with Gasteiger partial charge >= 0.3 is 0 Å². The molecule has 0 radical (unpaired) electrons. The summed E-state index contributed by atoms with van der Waals surface area (Å²) in [6.07, 6.45) is 0. The first-order valence-electron chi connectivity index (χ1n) is 3.55. The van der Waals surface area contributed by atoms with Gasteiger partial charge in [-0.05, 0) is 20.9 Å². The lowest BCUT2D eigenvalue weighted by molar-refractivity contribution is -0.131. The molecule has 0 heterocycles. The fourth-order valence-electron chi connectivity index (χ4n) is 0.610. The summed E-state index contributed by atoms with van der Waals surface area (Å²) < 4.78 is 0. The zero-order chi connectivity index (χ0) is 8.15. The van der Waals surface area contributed by atoms with Crippen molar-refractivity contribution in [3.05, 3.63) is 0 Å². The molecular weight excluding hydrogens is 128 g/mol. The van der Waals surface area contributed by atoms with Gasteiger partial charge < -0.3 is 10.2 Å². The fraction of sp³-hybridized carbons (Fsp3) is 0.857. The van der Waals surface area contributed by atoms with Gasteiger partial charge in [0, 0.05) is 13.6 Å². The molecule has 0 aromatic carbocycles. The Balaban J connectivity index is 3.82. The van der Waals surface area contributed by atoms with Crippen LogP contribution in [0.2, 0.25) is 0 Å². The summed E-state index contributed by atoms with van der Waals surface area (Å²) in [5.74, 6) is 0.144. The van der Waals surface area contributed by atoms with Gasteiger partial charge in [0.1, 0.15) is 0 Å². The minimum Gasteiger partial charge on any atom is -0.345 e. The van der Waals surface area contributed by atoms with Gasteiger partial charge in [-0.15, -0.1) is 0 Å². The van der Waals surface area contributed by atoms with Crippen LogP contribution in [0.25, 0.3) is 0 Å². The van der Waals surface area contributed by atoms with Crippen molar-refractivity contribution in [1.29, 1.82) is 0 Å². The number of carbonyl (C=O) groups excluding carboxylic acids is 1. The van der Waals surface area contributed by atoms with E-state index in [1.54, 1.807) is 19.0 Å². The van der Waals surface area contributed by atoms with E-state index in [-0.39, 0.29) is 11.9 Å². The van der Waals surface area contributed by atoms with E-state index in [4.69, 9.17) is 0 Å². The van der Waals surface area contributed by atoms with E-state index in [2.05, 4.69) is 5.32 Å². The van der Waals surface area contributed by atoms with E-state index in [0.29, 0.717) is 0 Å². The van der Waals surface area contributed by atoms with Crippen molar-refractivity contribution in [2.24, 2.45) is 0 Å². The molecule has 1 atom stereocenters. The summed E-state index contributed by atoms with van der Waals surface area (Å²) >= 11 is 0. The topological polar surface area (TPSA) is 32.3 Å². The molecular formula is C7H16N2O. The average molecular weight is 144 g/mol. The average Bonchev–Trinajstić information content (AvgIpc) is 2.00. The first-order valence-corrected chi connectivity index (χ1v) is 3.55. The molecule has 0 aromatic heterocycles. The second kappa shape index (κ2) is 4.28. The Morgan fingerprint density at radius 3 is 2.50 bits per heavy atom. The predicted octanol–water partition coefficient (Wildman–Crippen LogP) is 0.0726. The Morgan fingerprint density at radius 2 is 2.20 bits per heavy atom. The highest BCUT2D eigenvalue weighted by atomic mass is 16.2. The largest absolute Gasteiger partial charge is 0.345 e. The summed E-state index contributed by atoms with van der Waals surface area (Å²) in [5.41, 5.74) is 0. The van der Waals surface area contributed by atoms with E-state index in [0.717, 1.165) is 6.54 Å². The maximum Gasteiger partial charge on any atom is 0.239 e. The Bertz CT molecular complexity index is 102. The molecule has 1 N–H and O–H groups in total. The third kappa shape index (κ3) is 2.35. The van der Waals surface area contributed by atoms with Crippen molar-refractivity contribution in [3.63, 3.8) is 0 Å². The van der Waals surface area contributed by atoms with Crippen molar-refractivity contribution < 1.29 is 4.79 Å². The fourth-order valence-corrected chi connectivity index (χ4v) is 0.610. The van der Waals surface area contributed by atoms with Gasteiger partial charge in [0.2, 0.25) is 5.91 Å². The minimum absolute atomic E-state index is 0.0649. The van der Waals surface area contributed by atoms with Crippen molar-refractivity contribution in [2.45, 2.75) is 19.9 Å². The highest BCUT2D eigenvalue weighted by molar-refractivity contribution is 5.81.